The van der Waals surface area contributed by atoms with E-state index in [1.807, 2.05) is 0 Å². The third kappa shape index (κ3) is 23.7. The highest BCUT2D eigenvalue weighted by molar-refractivity contribution is 5.80. The van der Waals surface area contributed by atoms with E-state index in [2.05, 4.69) is 31.3 Å². The van der Waals surface area contributed by atoms with Gasteiger partial charge in [0.1, 0.15) is 12.2 Å². The fourth-order valence-electron chi connectivity index (χ4n) is 5.17. The van der Waals surface area contributed by atoms with Crippen molar-refractivity contribution in [2.75, 3.05) is 6.61 Å². The Morgan fingerprint density at radius 2 is 1.02 bits per heavy atom. The van der Waals surface area contributed by atoms with Crippen LogP contribution < -0.4 is 5.32 Å². The Hall–Kier alpha value is -0.950. The van der Waals surface area contributed by atoms with Gasteiger partial charge in [0.25, 0.3) is 0 Å². The highest BCUT2D eigenvalue weighted by atomic mass is 16.3. The van der Waals surface area contributed by atoms with Crippen molar-refractivity contribution in [3.63, 3.8) is 0 Å². The molecular weight excluding hydrogens is 502 g/mol. The molecule has 5 N–H and O–H groups in total. The number of aliphatic hydroxyl groups excluding tert-OH is 4. The monoisotopic (exact) mass is 570 g/mol. The second-order valence-electron chi connectivity index (χ2n) is 11.9. The van der Waals surface area contributed by atoms with Crippen molar-refractivity contribution >= 4 is 5.91 Å². The van der Waals surface area contributed by atoms with Crippen LogP contribution >= 0.6 is 0 Å². The summed E-state index contributed by atoms with van der Waals surface area (Å²) in [4.78, 5) is 12.4. The lowest BCUT2D eigenvalue weighted by Crippen LogP contribution is -2.53. The third-order valence-electron chi connectivity index (χ3n) is 7.98. The molecule has 6 heteroatoms. The molecule has 0 aliphatic rings. The normalized spacial score (nSPS) is 14.8. The van der Waals surface area contributed by atoms with Crippen LogP contribution in [-0.4, -0.2) is 57.3 Å². The van der Waals surface area contributed by atoms with Crippen molar-refractivity contribution in [1.29, 1.82) is 0 Å². The number of carbonyl (C=O) groups is 1. The van der Waals surface area contributed by atoms with Crippen LogP contribution in [0.15, 0.2) is 12.2 Å². The van der Waals surface area contributed by atoms with Gasteiger partial charge in [0.2, 0.25) is 5.91 Å². The maximum absolute atomic E-state index is 12.4. The summed E-state index contributed by atoms with van der Waals surface area (Å²) in [7, 11) is 0. The van der Waals surface area contributed by atoms with Crippen molar-refractivity contribution in [3.05, 3.63) is 12.2 Å². The summed E-state index contributed by atoms with van der Waals surface area (Å²) in [6, 6.07) is -0.994. The molecule has 0 aromatic rings. The molecule has 40 heavy (non-hydrogen) atoms. The molecule has 0 saturated carbocycles. The van der Waals surface area contributed by atoms with Crippen molar-refractivity contribution in [2.24, 2.45) is 0 Å². The predicted octanol–water partition coefficient (Wildman–Crippen LogP) is 7.50. The molecule has 0 heterocycles. The summed E-state index contributed by atoms with van der Waals surface area (Å²) in [6.45, 7) is 3.99. The Bertz CT molecular complexity index is 571. The summed E-state index contributed by atoms with van der Waals surface area (Å²) in [5.74, 6) is -0.596. The maximum Gasteiger partial charge on any atom is 0.249 e. The van der Waals surface area contributed by atoms with Crippen LogP contribution in [-0.2, 0) is 4.79 Å². The van der Waals surface area contributed by atoms with Crippen LogP contribution in [0.25, 0.3) is 0 Å². The molecule has 0 bridgehead atoms. The molecule has 0 aliphatic heterocycles. The van der Waals surface area contributed by atoms with E-state index >= 15 is 0 Å². The van der Waals surface area contributed by atoms with Gasteiger partial charge >= 0.3 is 0 Å². The van der Waals surface area contributed by atoms with Crippen LogP contribution in [0.3, 0.4) is 0 Å². The van der Waals surface area contributed by atoms with E-state index in [4.69, 9.17) is 0 Å². The molecule has 0 radical (unpaired) electrons. The van der Waals surface area contributed by atoms with Gasteiger partial charge in [-0.2, -0.15) is 0 Å². The van der Waals surface area contributed by atoms with Crippen LogP contribution in [0.2, 0.25) is 0 Å². The van der Waals surface area contributed by atoms with Gasteiger partial charge in [0.15, 0.2) is 0 Å². The van der Waals surface area contributed by atoms with E-state index in [-0.39, 0.29) is 0 Å². The van der Waals surface area contributed by atoms with Crippen molar-refractivity contribution < 1.29 is 25.2 Å². The molecule has 0 saturated heterocycles. The first kappa shape index (κ1) is 39.0. The van der Waals surface area contributed by atoms with Crippen molar-refractivity contribution in [1.82, 2.24) is 5.32 Å². The largest absolute Gasteiger partial charge is 0.394 e. The molecule has 0 aromatic carbocycles. The van der Waals surface area contributed by atoms with E-state index in [1.54, 1.807) is 0 Å². The lowest BCUT2D eigenvalue weighted by atomic mass is 10.00. The first-order chi connectivity index (χ1) is 19.5. The van der Waals surface area contributed by atoms with Gasteiger partial charge in [-0.1, -0.05) is 142 Å². The zero-order valence-electron chi connectivity index (χ0n) is 26.3. The minimum absolute atomic E-state index is 0.366. The predicted molar refractivity (Wildman–Crippen MR) is 168 cm³/mol. The molecule has 6 nitrogen and oxygen atoms in total. The molecule has 0 rings (SSSR count). The summed E-state index contributed by atoms with van der Waals surface area (Å²) >= 11 is 0. The molecule has 0 spiro atoms. The second-order valence-corrected chi connectivity index (χ2v) is 11.9. The molecule has 0 aromatic heterocycles. The van der Waals surface area contributed by atoms with Gasteiger partial charge in [0, 0.05) is 0 Å². The Kier molecular flexibility index (Phi) is 28.8. The van der Waals surface area contributed by atoms with Crippen LogP contribution in [0, 0.1) is 0 Å². The van der Waals surface area contributed by atoms with Crippen LogP contribution in [0.4, 0.5) is 0 Å². The number of unbranched alkanes of at least 4 members (excludes halogenated alkanes) is 19. The average molecular weight is 570 g/mol. The minimum Gasteiger partial charge on any atom is -0.394 e. The molecular formula is C34H67NO5. The van der Waals surface area contributed by atoms with Gasteiger partial charge in [-0.3, -0.25) is 4.79 Å². The first-order valence-corrected chi connectivity index (χ1v) is 17.1. The van der Waals surface area contributed by atoms with Gasteiger partial charge in [0.05, 0.1) is 18.8 Å². The van der Waals surface area contributed by atoms with Crippen molar-refractivity contribution in [2.45, 2.75) is 192 Å². The summed E-state index contributed by atoms with van der Waals surface area (Å²) in [5.41, 5.74) is 0. The number of amides is 1. The summed E-state index contributed by atoms with van der Waals surface area (Å²) in [5, 5.41) is 43.2. The number of carbonyl (C=O) groups excluding carboxylic acids is 1. The Morgan fingerprint density at radius 1 is 0.600 bits per heavy atom. The highest BCUT2D eigenvalue weighted by Gasteiger charge is 2.28. The van der Waals surface area contributed by atoms with Gasteiger partial charge < -0.3 is 25.7 Å². The first-order valence-electron chi connectivity index (χ1n) is 17.1. The SMILES string of the molecule is CCCCCCCCCC/C=C/CCCC(O)C(O)C(CO)NC(=O)C(O)CCCCCCCCCCCCC. The smallest absolute Gasteiger partial charge is 0.249 e. The lowest BCUT2D eigenvalue weighted by Gasteiger charge is -2.27. The minimum atomic E-state index is -1.27. The van der Waals surface area contributed by atoms with E-state index in [9.17, 15) is 25.2 Å². The average Bonchev–Trinajstić information content (AvgIpc) is 2.96. The molecule has 238 valence electrons. The van der Waals surface area contributed by atoms with E-state index in [0.29, 0.717) is 12.8 Å². The highest BCUT2D eigenvalue weighted by Crippen LogP contribution is 2.14. The maximum atomic E-state index is 12.4. The van der Waals surface area contributed by atoms with Crippen LogP contribution in [0.5, 0.6) is 0 Å². The summed E-state index contributed by atoms with van der Waals surface area (Å²) in [6.07, 6.45) is 28.0. The zero-order chi connectivity index (χ0) is 29.7. The van der Waals surface area contributed by atoms with Gasteiger partial charge in [-0.05, 0) is 38.5 Å². The molecule has 0 fully saturated rings. The van der Waals surface area contributed by atoms with Crippen LogP contribution in [0.1, 0.15) is 168 Å². The topological polar surface area (TPSA) is 110 Å². The number of nitrogens with one attached hydrogen (secondary N) is 1. The number of hydrogen-bond acceptors (Lipinski definition) is 5. The molecule has 4 atom stereocenters. The molecule has 4 unspecified atom stereocenters. The molecule has 0 aliphatic carbocycles. The number of rotatable bonds is 30. The quantitative estimate of drug-likeness (QED) is 0.0454. The van der Waals surface area contributed by atoms with E-state index in [0.717, 1.165) is 38.5 Å². The van der Waals surface area contributed by atoms with Gasteiger partial charge in [-0.25, -0.2) is 0 Å². The fourth-order valence-corrected chi connectivity index (χ4v) is 5.17. The molecule has 1 amide bonds. The zero-order valence-corrected chi connectivity index (χ0v) is 26.3. The Labute approximate surface area is 247 Å². The second kappa shape index (κ2) is 29.5. The lowest BCUT2D eigenvalue weighted by molar-refractivity contribution is -0.132. The Balaban J connectivity index is 3.91. The summed E-state index contributed by atoms with van der Waals surface area (Å²) < 4.78 is 0. The number of hydrogen-bond donors (Lipinski definition) is 5. The van der Waals surface area contributed by atoms with E-state index < -0.39 is 36.9 Å². The third-order valence-corrected chi connectivity index (χ3v) is 7.98. The number of allylic oxidation sites excluding steroid dienone is 2. The van der Waals surface area contributed by atoms with Crippen molar-refractivity contribution in [3.8, 4) is 0 Å². The van der Waals surface area contributed by atoms with Gasteiger partial charge in [-0.15, -0.1) is 0 Å². The number of aliphatic hydroxyl groups is 4. The van der Waals surface area contributed by atoms with E-state index in [1.165, 1.54) is 103 Å². The Morgan fingerprint density at radius 3 is 1.50 bits per heavy atom. The standard InChI is InChI=1S/C34H67NO5/c1-3-5-7-9-11-13-15-16-18-19-21-23-25-27-31(37)33(39)30(29-36)35-34(40)32(38)28-26-24-22-20-17-14-12-10-8-6-4-2/h19,21,30-33,36-39H,3-18,20,22-29H2,1-2H3,(H,35,40)/b21-19+. The fraction of sp³-hybridized carbons (Fsp3) is 0.912.